The van der Waals surface area contributed by atoms with Gasteiger partial charge in [-0.15, -0.1) is 0 Å². The summed E-state index contributed by atoms with van der Waals surface area (Å²) in [5, 5.41) is 2.81. The van der Waals surface area contributed by atoms with Crippen LogP contribution in [0.15, 0.2) is 36.4 Å². The fourth-order valence-corrected chi connectivity index (χ4v) is 2.84. The van der Waals surface area contributed by atoms with Crippen molar-refractivity contribution in [1.82, 2.24) is 0 Å². The molecule has 0 unspecified atom stereocenters. The number of anilines is 1. The first-order chi connectivity index (χ1) is 8.36. The molecule has 2 aromatic rings. The maximum atomic E-state index is 2.55. The van der Waals surface area contributed by atoms with E-state index in [1.165, 1.54) is 54.4 Å². The monoisotopic (exact) mass is 225 g/mol. The third-order valence-electron chi connectivity index (χ3n) is 3.82. The molecule has 0 amide bonds. The highest BCUT2D eigenvalue weighted by molar-refractivity contribution is 5.96. The van der Waals surface area contributed by atoms with Gasteiger partial charge in [-0.2, -0.15) is 0 Å². The number of benzene rings is 2. The van der Waals surface area contributed by atoms with Crippen LogP contribution < -0.4 is 4.90 Å². The smallest absolute Gasteiger partial charge is 0.0446 e. The summed E-state index contributed by atoms with van der Waals surface area (Å²) in [6, 6.07) is 13.3. The van der Waals surface area contributed by atoms with E-state index in [4.69, 9.17) is 0 Å². The maximum absolute atomic E-state index is 2.55. The van der Waals surface area contributed by atoms with Gasteiger partial charge in [-0.3, -0.25) is 0 Å². The molecule has 1 aliphatic heterocycles. The summed E-state index contributed by atoms with van der Waals surface area (Å²) < 4.78 is 0. The van der Waals surface area contributed by atoms with Gasteiger partial charge in [0.2, 0.25) is 0 Å². The Hall–Kier alpha value is -1.50. The van der Waals surface area contributed by atoms with Crippen molar-refractivity contribution in [3.63, 3.8) is 0 Å². The van der Waals surface area contributed by atoms with Crippen LogP contribution in [0.3, 0.4) is 0 Å². The average Bonchev–Trinajstić information content (AvgIpc) is 2.41. The summed E-state index contributed by atoms with van der Waals surface area (Å²) >= 11 is 0. The quantitative estimate of drug-likeness (QED) is 0.705. The van der Waals surface area contributed by atoms with Gasteiger partial charge in [0.15, 0.2) is 0 Å². The van der Waals surface area contributed by atoms with Crippen molar-refractivity contribution in [2.45, 2.75) is 26.2 Å². The Labute approximate surface area is 103 Å². The predicted molar refractivity (Wildman–Crippen MR) is 74.7 cm³/mol. The predicted octanol–water partition coefficient (Wildman–Crippen LogP) is 4.14. The molecular formula is C16H19N. The number of rotatable bonds is 1. The Morgan fingerprint density at radius 2 is 1.53 bits per heavy atom. The van der Waals surface area contributed by atoms with Crippen molar-refractivity contribution in [2.75, 3.05) is 18.0 Å². The molecular weight excluding hydrogens is 206 g/mol. The number of aryl methyl sites for hydroxylation is 1. The van der Waals surface area contributed by atoms with Crippen molar-refractivity contribution in [3.05, 3.63) is 42.0 Å². The molecule has 0 atom stereocenters. The van der Waals surface area contributed by atoms with Crippen LogP contribution in [0.5, 0.6) is 0 Å². The molecule has 17 heavy (non-hydrogen) atoms. The summed E-state index contributed by atoms with van der Waals surface area (Å²) in [6.07, 6.45) is 4.06. The van der Waals surface area contributed by atoms with Gasteiger partial charge in [-0.25, -0.2) is 0 Å². The fourth-order valence-electron chi connectivity index (χ4n) is 2.84. The molecule has 0 aliphatic carbocycles. The standard InChI is InChI=1S/C16H19N/c1-13-9-10-16(17-11-5-2-6-12-17)15-8-4-3-7-14(13)15/h3-4,7-10H,2,5-6,11-12H2,1H3. The second-order valence-electron chi connectivity index (χ2n) is 4.99. The zero-order valence-corrected chi connectivity index (χ0v) is 10.4. The summed E-state index contributed by atoms with van der Waals surface area (Å²) in [5.74, 6) is 0. The highest BCUT2D eigenvalue weighted by atomic mass is 15.1. The molecule has 1 saturated heterocycles. The summed E-state index contributed by atoms with van der Waals surface area (Å²) in [5.41, 5.74) is 2.80. The SMILES string of the molecule is Cc1ccc(N2CCCCC2)c2ccccc12. The van der Waals surface area contributed by atoms with Crippen LogP contribution in [0, 0.1) is 6.92 Å². The van der Waals surface area contributed by atoms with Crippen molar-refractivity contribution >= 4 is 16.5 Å². The zero-order valence-electron chi connectivity index (χ0n) is 10.4. The Kier molecular flexibility index (Phi) is 2.76. The van der Waals surface area contributed by atoms with Gasteiger partial charge in [-0.1, -0.05) is 30.3 Å². The van der Waals surface area contributed by atoms with E-state index in [0.717, 1.165) is 0 Å². The van der Waals surface area contributed by atoms with E-state index < -0.39 is 0 Å². The molecule has 1 heterocycles. The highest BCUT2D eigenvalue weighted by Crippen LogP contribution is 2.30. The Balaban J connectivity index is 2.12. The van der Waals surface area contributed by atoms with Crippen molar-refractivity contribution in [3.8, 4) is 0 Å². The maximum Gasteiger partial charge on any atom is 0.0446 e. The van der Waals surface area contributed by atoms with E-state index in [0.29, 0.717) is 0 Å². The summed E-state index contributed by atoms with van der Waals surface area (Å²) in [6.45, 7) is 4.63. The molecule has 0 saturated carbocycles. The molecule has 0 radical (unpaired) electrons. The van der Waals surface area contributed by atoms with Crippen LogP contribution in [0.25, 0.3) is 10.8 Å². The molecule has 0 spiro atoms. The fraction of sp³-hybridized carbons (Fsp3) is 0.375. The number of fused-ring (bicyclic) bond motifs is 1. The van der Waals surface area contributed by atoms with E-state index >= 15 is 0 Å². The Morgan fingerprint density at radius 3 is 2.29 bits per heavy atom. The van der Waals surface area contributed by atoms with Gasteiger partial charge in [0.05, 0.1) is 0 Å². The lowest BCUT2D eigenvalue weighted by Crippen LogP contribution is -2.29. The lowest BCUT2D eigenvalue weighted by atomic mass is 10.0. The van der Waals surface area contributed by atoms with Gasteiger partial charge in [0.25, 0.3) is 0 Å². The molecule has 3 rings (SSSR count). The topological polar surface area (TPSA) is 3.24 Å². The normalized spacial score (nSPS) is 16.4. The molecule has 0 bridgehead atoms. The molecule has 0 aromatic heterocycles. The second kappa shape index (κ2) is 4.40. The molecule has 1 aliphatic rings. The van der Waals surface area contributed by atoms with Gasteiger partial charge in [-0.05, 0) is 43.2 Å². The number of hydrogen-bond acceptors (Lipinski definition) is 1. The van der Waals surface area contributed by atoms with Gasteiger partial charge < -0.3 is 4.90 Å². The summed E-state index contributed by atoms with van der Waals surface area (Å²) in [7, 11) is 0. The minimum absolute atomic E-state index is 1.22. The van der Waals surface area contributed by atoms with Gasteiger partial charge in [0.1, 0.15) is 0 Å². The Morgan fingerprint density at radius 1 is 0.824 bits per heavy atom. The molecule has 0 N–H and O–H groups in total. The third-order valence-corrected chi connectivity index (χ3v) is 3.82. The largest absolute Gasteiger partial charge is 0.371 e. The highest BCUT2D eigenvalue weighted by Gasteiger charge is 2.13. The van der Waals surface area contributed by atoms with Crippen LogP contribution >= 0.6 is 0 Å². The van der Waals surface area contributed by atoms with E-state index in [1.54, 1.807) is 0 Å². The van der Waals surface area contributed by atoms with E-state index in [2.05, 4.69) is 48.2 Å². The van der Waals surface area contributed by atoms with Crippen LogP contribution in [-0.4, -0.2) is 13.1 Å². The lowest BCUT2D eigenvalue weighted by Gasteiger charge is -2.30. The summed E-state index contributed by atoms with van der Waals surface area (Å²) in [4.78, 5) is 2.55. The molecule has 1 heteroatoms. The molecule has 1 nitrogen and oxygen atoms in total. The minimum Gasteiger partial charge on any atom is -0.371 e. The minimum atomic E-state index is 1.22. The number of nitrogens with zero attached hydrogens (tertiary/aromatic N) is 1. The van der Waals surface area contributed by atoms with Gasteiger partial charge >= 0.3 is 0 Å². The number of piperidine rings is 1. The van der Waals surface area contributed by atoms with E-state index in [1.807, 2.05) is 0 Å². The van der Waals surface area contributed by atoms with Crippen molar-refractivity contribution < 1.29 is 0 Å². The molecule has 1 fully saturated rings. The first kappa shape index (κ1) is 10.6. The van der Waals surface area contributed by atoms with Crippen LogP contribution in [0.4, 0.5) is 5.69 Å². The molecule has 2 aromatic carbocycles. The van der Waals surface area contributed by atoms with Crippen LogP contribution in [0.1, 0.15) is 24.8 Å². The van der Waals surface area contributed by atoms with Crippen LogP contribution in [0.2, 0.25) is 0 Å². The lowest BCUT2D eigenvalue weighted by molar-refractivity contribution is 0.579. The van der Waals surface area contributed by atoms with Crippen molar-refractivity contribution in [1.29, 1.82) is 0 Å². The second-order valence-corrected chi connectivity index (χ2v) is 4.99. The first-order valence-electron chi connectivity index (χ1n) is 6.59. The van der Waals surface area contributed by atoms with Gasteiger partial charge in [0, 0.05) is 24.2 Å². The molecule has 88 valence electrons. The third kappa shape index (κ3) is 1.90. The van der Waals surface area contributed by atoms with E-state index in [-0.39, 0.29) is 0 Å². The Bertz CT molecular complexity index is 524. The van der Waals surface area contributed by atoms with E-state index in [9.17, 15) is 0 Å². The first-order valence-corrected chi connectivity index (χ1v) is 6.59. The average molecular weight is 225 g/mol. The van der Waals surface area contributed by atoms with Crippen LogP contribution in [-0.2, 0) is 0 Å². The van der Waals surface area contributed by atoms with Crippen molar-refractivity contribution in [2.24, 2.45) is 0 Å². The number of hydrogen-bond donors (Lipinski definition) is 0. The zero-order chi connectivity index (χ0) is 11.7.